The van der Waals surface area contributed by atoms with Crippen molar-refractivity contribution in [1.29, 1.82) is 0 Å². The van der Waals surface area contributed by atoms with Gasteiger partial charge < -0.3 is 8.98 Å². The molecule has 1 unspecified atom stereocenters. The number of hydrogen-bond acceptors (Lipinski definition) is 4. The van der Waals surface area contributed by atoms with E-state index in [0.29, 0.717) is 18.3 Å². The third-order valence-corrected chi connectivity index (χ3v) is 10.9. The Balaban J connectivity index is 2.44. The van der Waals surface area contributed by atoms with E-state index in [1.807, 2.05) is 0 Å². The highest BCUT2D eigenvalue weighted by atomic mass is 32.2. The van der Waals surface area contributed by atoms with Gasteiger partial charge >= 0.3 is 0 Å². The first-order chi connectivity index (χ1) is 9.82. The first-order valence-corrected chi connectivity index (χ1v) is 12.9. The molecule has 0 spiro atoms. The topological polar surface area (TPSA) is 66.4 Å². The second-order valence-electron chi connectivity index (χ2n) is 8.41. The van der Waals surface area contributed by atoms with Gasteiger partial charge in [0.15, 0.2) is 8.32 Å². The summed E-state index contributed by atoms with van der Waals surface area (Å²) in [4.78, 5) is 0. The molecular weight excluding hydrogens is 316 g/mol. The Morgan fingerprint density at radius 1 is 1.18 bits per heavy atom. The molecular formula is C16H33O4SSi-. The second kappa shape index (κ2) is 7.32. The lowest BCUT2D eigenvalue weighted by Gasteiger charge is -2.42. The van der Waals surface area contributed by atoms with Crippen molar-refractivity contribution in [3.63, 3.8) is 0 Å². The van der Waals surface area contributed by atoms with E-state index >= 15 is 0 Å². The quantitative estimate of drug-likeness (QED) is 0.534. The lowest BCUT2D eigenvalue weighted by atomic mass is 9.79. The third-order valence-electron chi connectivity index (χ3n) is 5.62. The Bertz CT molecular complexity index is 445. The molecule has 1 aliphatic rings. The highest BCUT2D eigenvalue weighted by Gasteiger charge is 2.40. The van der Waals surface area contributed by atoms with E-state index in [1.165, 1.54) is 0 Å². The van der Waals surface area contributed by atoms with Crippen LogP contribution in [0.25, 0.3) is 0 Å². The third kappa shape index (κ3) is 6.30. The molecule has 0 radical (unpaired) electrons. The molecule has 6 heteroatoms. The van der Waals surface area contributed by atoms with Crippen LogP contribution in [-0.4, -0.2) is 33.1 Å². The lowest BCUT2D eigenvalue weighted by molar-refractivity contribution is 0.0957. The number of hydrogen-bond donors (Lipinski definition) is 0. The van der Waals surface area contributed by atoms with Gasteiger partial charge in [-0.05, 0) is 56.2 Å². The van der Waals surface area contributed by atoms with E-state index < -0.39 is 18.4 Å². The van der Waals surface area contributed by atoms with Gasteiger partial charge in [0.1, 0.15) is 0 Å². The van der Waals surface area contributed by atoms with Gasteiger partial charge in [-0.2, -0.15) is 0 Å². The van der Waals surface area contributed by atoms with Crippen LogP contribution in [0.3, 0.4) is 0 Å². The summed E-state index contributed by atoms with van der Waals surface area (Å²) in [7, 11) is -5.79. The van der Waals surface area contributed by atoms with Gasteiger partial charge in [-0.15, -0.1) is 0 Å². The molecule has 1 fully saturated rings. The summed E-state index contributed by atoms with van der Waals surface area (Å²) in [6.07, 6.45) is 5.00. The summed E-state index contributed by atoms with van der Waals surface area (Å²) in [6.45, 7) is 13.5. The molecule has 0 N–H and O–H groups in total. The van der Waals surface area contributed by atoms with Crippen LogP contribution in [0, 0.1) is 11.8 Å². The van der Waals surface area contributed by atoms with Crippen LogP contribution in [0.5, 0.6) is 0 Å². The van der Waals surface area contributed by atoms with Crippen LogP contribution in [0.4, 0.5) is 0 Å². The fourth-order valence-electron chi connectivity index (χ4n) is 3.00. The molecule has 1 saturated carbocycles. The Labute approximate surface area is 137 Å². The Morgan fingerprint density at radius 3 is 2.09 bits per heavy atom. The average Bonchev–Trinajstić information content (AvgIpc) is 2.34. The summed E-state index contributed by atoms with van der Waals surface area (Å²) in [5, 5.41) is 0.223. The van der Waals surface area contributed by atoms with E-state index in [9.17, 15) is 13.0 Å². The summed E-state index contributed by atoms with van der Waals surface area (Å²) in [5.41, 5.74) is 0. The van der Waals surface area contributed by atoms with E-state index in [2.05, 4.69) is 40.8 Å². The first-order valence-electron chi connectivity index (χ1n) is 8.43. The molecule has 1 aliphatic carbocycles. The van der Waals surface area contributed by atoms with Crippen molar-refractivity contribution in [2.75, 3.05) is 5.75 Å². The minimum atomic E-state index is -4.06. The monoisotopic (exact) mass is 349 g/mol. The maximum atomic E-state index is 10.7. The van der Waals surface area contributed by atoms with Crippen LogP contribution in [0.2, 0.25) is 18.1 Å². The normalized spacial score (nSPS) is 26.0. The van der Waals surface area contributed by atoms with Gasteiger partial charge in [-0.1, -0.05) is 33.6 Å². The van der Waals surface area contributed by atoms with Gasteiger partial charge in [0.2, 0.25) is 0 Å². The van der Waals surface area contributed by atoms with Gasteiger partial charge in [0.05, 0.1) is 10.1 Å². The van der Waals surface area contributed by atoms with Crippen LogP contribution in [0.1, 0.15) is 59.8 Å². The molecule has 0 aliphatic heterocycles. The fraction of sp³-hybridized carbons (Fsp3) is 1.00. The molecule has 0 aromatic carbocycles. The van der Waals surface area contributed by atoms with Crippen molar-refractivity contribution in [3.05, 3.63) is 0 Å². The van der Waals surface area contributed by atoms with Crippen molar-refractivity contribution in [2.45, 2.75) is 84.0 Å². The van der Waals surface area contributed by atoms with E-state index in [1.54, 1.807) is 0 Å². The summed E-state index contributed by atoms with van der Waals surface area (Å²) >= 11 is 0. The highest BCUT2D eigenvalue weighted by molar-refractivity contribution is 7.85. The highest BCUT2D eigenvalue weighted by Crippen LogP contribution is 2.40. The molecule has 0 aromatic rings. The van der Waals surface area contributed by atoms with Gasteiger partial charge in [0.25, 0.3) is 0 Å². The Kier molecular flexibility index (Phi) is 6.70. The van der Waals surface area contributed by atoms with Gasteiger partial charge in [-0.3, -0.25) is 0 Å². The van der Waals surface area contributed by atoms with Crippen molar-refractivity contribution in [1.82, 2.24) is 0 Å². The van der Waals surface area contributed by atoms with E-state index in [-0.39, 0.29) is 16.9 Å². The molecule has 0 heterocycles. The lowest BCUT2D eigenvalue weighted by Crippen LogP contribution is -2.45. The average molecular weight is 350 g/mol. The zero-order valence-electron chi connectivity index (χ0n) is 15.0. The molecule has 0 amide bonds. The first kappa shape index (κ1) is 20.1. The van der Waals surface area contributed by atoms with E-state index in [4.69, 9.17) is 4.43 Å². The van der Waals surface area contributed by atoms with Crippen LogP contribution >= 0.6 is 0 Å². The maximum Gasteiger partial charge on any atom is 0.192 e. The number of rotatable bonds is 6. The standard InChI is InChI=1S/C16H34O4SSi/c1-13(20-22(5,6)16(2,3)4)15-9-7-14(8-10-15)11-12-21(17,18)19/h13-15H,7-12H2,1-6H3,(H,17,18,19)/p-1. The van der Waals surface area contributed by atoms with Crippen LogP contribution < -0.4 is 0 Å². The second-order valence-corrected chi connectivity index (χ2v) is 14.7. The molecule has 132 valence electrons. The Hall–Kier alpha value is 0.0869. The van der Waals surface area contributed by atoms with Crippen molar-refractivity contribution in [2.24, 2.45) is 11.8 Å². The largest absolute Gasteiger partial charge is 0.748 e. The smallest absolute Gasteiger partial charge is 0.192 e. The summed E-state index contributed by atoms with van der Waals surface area (Å²) in [6, 6.07) is 0. The molecule has 0 aromatic heterocycles. The van der Waals surface area contributed by atoms with Crippen LogP contribution in [-0.2, 0) is 14.5 Å². The minimum Gasteiger partial charge on any atom is -0.748 e. The predicted molar refractivity (Wildman–Crippen MR) is 92.4 cm³/mol. The summed E-state index contributed by atoms with van der Waals surface area (Å²) in [5.74, 6) is 0.743. The van der Waals surface area contributed by atoms with E-state index in [0.717, 1.165) is 25.7 Å². The van der Waals surface area contributed by atoms with Crippen molar-refractivity contribution >= 4 is 18.4 Å². The fourth-order valence-corrected chi connectivity index (χ4v) is 5.09. The molecule has 22 heavy (non-hydrogen) atoms. The molecule has 1 atom stereocenters. The maximum absolute atomic E-state index is 10.7. The molecule has 1 rings (SSSR count). The molecule has 0 bridgehead atoms. The van der Waals surface area contributed by atoms with Crippen LogP contribution in [0.15, 0.2) is 0 Å². The molecule has 4 nitrogen and oxygen atoms in total. The summed E-state index contributed by atoms with van der Waals surface area (Å²) < 4.78 is 38.7. The minimum absolute atomic E-state index is 0.210. The zero-order chi connectivity index (χ0) is 17.2. The van der Waals surface area contributed by atoms with Crippen molar-refractivity contribution in [3.8, 4) is 0 Å². The zero-order valence-corrected chi connectivity index (χ0v) is 16.8. The Morgan fingerprint density at radius 2 is 1.68 bits per heavy atom. The van der Waals surface area contributed by atoms with Crippen molar-refractivity contribution < 1.29 is 17.4 Å². The predicted octanol–water partition coefficient (Wildman–Crippen LogP) is 4.14. The molecule has 0 saturated heterocycles. The van der Waals surface area contributed by atoms with Gasteiger partial charge in [-0.25, -0.2) is 8.42 Å². The SMILES string of the molecule is CC(O[Si](C)(C)C(C)(C)C)C1CCC(CCS(=O)(=O)[O-])CC1. The van der Waals surface area contributed by atoms with Gasteiger partial charge in [0, 0.05) is 11.9 Å².